The summed E-state index contributed by atoms with van der Waals surface area (Å²) in [6.45, 7) is 6.80. The molecule has 0 bridgehead atoms. The Morgan fingerprint density at radius 3 is 2.48 bits per heavy atom. The highest BCUT2D eigenvalue weighted by Crippen LogP contribution is 2.37. The molecule has 0 radical (unpaired) electrons. The fraction of sp³-hybridized carbons (Fsp3) is 0.455. The van der Waals surface area contributed by atoms with Gasteiger partial charge in [0.2, 0.25) is 0 Å². The van der Waals surface area contributed by atoms with Gasteiger partial charge in [0.05, 0.1) is 16.3 Å². The Balaban J connectivity index is 1.67. The molecule has 0 unspecified atom stereocenters. The largest absolute Gasteiger partial charge is 0.349 e. The monoisotopic (exact) mass is 388 g/mol. The molecule has 1 aliphatic rings. The highest BCUT2D eigenvalue weighted by atomic mass is 35.5. The summed E-state index contributed by atoms with van der Waals surface area (Å²) in [6, 6.07) is 8.04. The van der Waals surface area contributed by atoms with Crippen molar-refractivity contribution in [3.8, 4) is 11.3 Å². The van der Waals surface area contributed by atoms with Crippen LogP contribution < -0.4 is 5.32 Å². The van der Waals surface area contributed by atoms with Crippen LogP contribution in [0.4, 0.5) is 4.39 Å². The van der Waals surface area contributed by atoms with Crippen molar-refractivity contribution < 1.29 is 9.18 Å². The maximum absolute atomic E-state index is 14.6. The van der Waals surface area contributed by atoms with Crippen molar-refractivity contribution in [1.82, 2.24) is 10.3 Å². The number of nitrogens with one attached hydrogen (secondary N) is 1. The standard InChI is InChI=1S/C22H26ClFN2O/c1-22(2,3)15-7-9-16(10-8-15)26-21(27)17-11-6-14(13-19(17)24)20-18(23)5-4-12-25-20/h4-6,11-13,15-16H,7-10H2,1-3H3,(H,26,27). The number of benzene rings is 1. The van der Waals surface area contributed by atoms with Crippen LogP contribution in [-0.4, -0.2) is 16.9 Å². The Kier molecular flexibility index (Phi) is 5.85. The van der Waals surface area contributed by atoms with Crippen molar-refractivity contribution in [1.29, 1.82) is 0 Å². The van der Waals surface area contributed by atoms with Gasteiger partial charge in [-0.15, -0.1) is 0 Å². The molecule has 1 heterocycles. The maximum Gasteiger partial charge on any atom is 0.254 e. The summed E-state index contributed by atoms with van der Waals surface area (Å²) in [6.07, 6.45) is 5.67. The predicted molar refractivity (Wildman–Crippen MR) is 107 cm³/mol. The van der Waals surface area contributed by atoms with Crippen LogP contribution in [0, 0.1) is 17.2 Å². The van der Waals surface area contributed by atoms with E-state index in [9.17, 15) is 9.18 Å². The molecule has 5 heteroatoms. The van der Waals surface area contributed by atoms with E-state index in [1.165, 1.54) is 12.1 Å². The van der Waals surface area contributed by atoms with Gasteiger partial charge in [-0.1, -0.05) is 38.4 Å². The SMILES string of the molecule is CC(C)(C)C1CCC(NC(=O)c2ccc(-c3ncccc3Cl)cc2F)CC1. The molecule has 1 saturated carbocycles. The van der Waals surface area contributed by atoms with Gasteiger partial charge < -0.3 is 5.32 Å². The lowest BCUT2D eigenvalue weighted by Gasteiger charge is -2.37. The number of carbonyl (C=O) groups excluding carboxylic acids is 1. The fourth-order valence-corrected chi connectivity index (χ4v) is 4.04. The van der Waals surface area contributed by atoms with Gasteiger partial charge >= 0.3 is 0 Å². The zero-order chi connectivity index (χ0) is 19.6. The molecule has 27 heavy (non-hydrogen) atoms. The van der Waals surface area contributed by atoms with Gasteiger partial charge in [0.15, 0.2) is 0 Å². The smallest absolute Gasteiger partial charge is 0.254 e. The van der Waals surface area contributed by atoms with E-state index in [2.05, 4.69) is 31.1 Å². The lowest BCUT2D eigenvalue weighted by atomic mass is 9.71. The zero-order valence-electron chi connectivity index (χ0n) is 16.1. The van der Waals surface area contributed by atoms with Crippen LogP contribution in [0.3, 0.4) is 0 Å². The molecule has 0 spiro atoms. The van der Waals surface area contributed by atoms with Crippen molar-refractivity contribution in [3.63, 3.8) is 0 Å². The first-order chi connectivity index (χ1) is 12.8. The van der Waals surface area contributed by atoms with E-state index < -0.39 is 5.82 Å². The Bertz CT molecular complexity index is 823. The molecule has 3 nitrogen and oxygen atoms in total. The number of hydrogen-bond donors (Lipinski definition) is 1. The number of halogens is 2. The first-order valence-electron chi connectivity index (χ1n) is 9.47. The Morgan fingerprint density at radius 2 is 1.89 bits per heavy atom. The van der Waals surface area contributed by atoms with E-state index in [0.717, 1.165) is 25.7 Å². The quantitative estimate of drug-likeness (QED) is 0.713. The van der Waals surface area contributed by atoms with Crippen LogP contribution in [-0.2, 0) is 0 Å². The van der Waals surface area contributed by atoms with Crippen LogP contribution in [0.1, 0.15) is 56.8 Å². The topological polar surface area (TPSA) is 42.0 Å². The van der Waals surface area contributed by atoms with E-state index in [1.54, 1.807) is 24.4 Å². The van der Waals surface area contributed by atoms with Gasteiger partial charge in [0.1, 0.15) is 5.82 Å². The summed E-state index contributed by atoms with van der Waals surface area (Å²) in [5.41, 5.74) is 1.42. The lowest BCUT2D eigenvalue weighted by Crippen LogP contribution is -2.39. The molecule has 1 aromatic carbocycles. The fourth-order valence-electron chi connectivity index (χ4n) is 3.81. The van der Waals surface area contributed by atoms with Gasteiger partial charge in [0.25, 0.3) is 5.91 Å². The van der Waals surface area contributed by atoms with Crippen molar-refractivity contribution in [2.24, 2.45) is 11.3 Å². The van der Waals surface area contributed by atoms with Gasteiger partial charge in [0, 0.05) is 17.8 Å². The molecule has 0 saturated heterocycles. The second kappa shape index (κ2) is 7.97. The second-order valence-electron chi connectivity index (χ2n) is 8.42. The summed E-state index contributed by atoms with van der Waals surface area (Å²) in [4.78, 5) is 16.7. The third-order valence-electron chi connectivity index (χ3n) is 5.53. The van der Waals surface area contributed by atoms with E-state index in [-0.39, 0.29) is 17.5 Å². The average molecular weight is 389 g/mol. The van der Waals surface area contributed by atoms with Crippen molar-refractivity contribution >= 4 is 17.5 Å². The van der Waals surface area contributed by atoms with Crippen LogP contribution in [0.25, 0.3) is 11.3 Å². The number of carbonyl (C=O) groups is 1. The molecule has 0 aliphatic heterocycles. The third kappa shape index (κ3) is 4.67. The summed E-state index contributed by atoms with van der Waals surface area (Å²) in [5, 5.41) is 3.45. The van der Waals surface area contributed by atoms with Gasteiger partial charge in [-0.25, -0.2) is 4.39 Å². The van der Waals surface area contributed by atoms with Gasteiger partial charge in [-0.2, -0.15) is 0 Å². The minimum Gasteiger partial charge on any atom is -0.349 e. The molecule has 144 valence electrons. The number of pyridine rings is 1. The van der Waals surface area contributed by atoms with E-state index in [4.69, 9.17) is 11.6 Å². The second-order valence-corrected chi connectivity index (χ2v) is 8.82. The summed E-state index contributed by atoms with van der Waals surface area (Å²) < 4.78 is 14.6. The minimum absolute atomic E-state index is 0.0590. The molecule has 1 aliphatic carbocycles. The Labute approximate surface area is 165 Å². The van der Waals surface area contributed by atoms with Crippen LogP contribution >= 0.6 is 11.6 Å². The highest BCUT2D eigenvalue weighted by molar-refractivity contribution is 6.33. The summed E-state index contributed by atoms with van der Waals surface area (Å²) >= 11 is 6.12. The molecular formula is C22H26ClFN2O. The zero-order valence-corrected chi connectivity index (χ0v) is 16.8. The Hall–Kier alpha value is -1.94. The van der Waals surface area contributed by atoms with E-state index >= 15 is 0 Å². The molecule has 0 atom stereocenters. The Morgan fingerprint density at radius 1 is 1.19 bits per heavy atom. The van der Waals surface area contributed by atoms with Crippen LogP contribution in [0.2, 0.25) is 5.02 Å². The van der Waals surface area contributed by atoms with Crippen molar-refractivity contribution in [3.05, 3.63) is 52.9 Å². The lowest BCUT2D eigenvalue weighted by molar-refractivity contribution is 0.0900. The molecule has 1 N–H and O–H groups in total. The maximum atomic E-state index is 14.6. The highest BCUT2D eigenvalue weighted by Gasteiger charge is 2.30. The number of amides is 1. The molecule has 2 aromatic rings. The number of hydrogen-bond acceptors (Lipinski definition) is 2. The van der Waals surface area contributed by atoms with Crippen LogP contribution in [0.5, 0.6) is 0 Å². The normalized spacial score (nSPS) is 20.3. The summed E-state index contributed by atoms with van der Waals surface area (Å²) in [7, 11) is 0. The molecular weight excluding hydrogens is 363 g/mol. The van der Waals surface area contributed by atoms with Gasteiger partial charge in [-0.05, 0) is 61.3 Å². The number of aromatic nitrogens is 1. The van der Waals surface area contributed by atoms with E-state index in [0.29, 0.717) is 27.6 Å². The molecule has 1 amide bonds. The molecule has 1 fully saturated rings. The molecule has 3 rings (SSSR count). The van der Waals surface area contributed by atoms with Crippen molar-refractivity contribution in [2.75, 3.05) is 0 Å². The minimum atomic E-state index is -0.560. The first kappa shape index (κ1) is 19.8. The first-order valence-corrected chi connectivity index (χ1v) is 9.85. The summed E-state index contributed by atoms with van der Waals surface area (Å²) in [5.74, 6) is -0.245. The van der Waals surface area contributed by atoms with Crippen molar-refractivity contribution in [2.45, 2.75) is 52.5 Å². The van der Waals surface area contributed by atoms with Crippen LogP contribution in [0.15, 0.2) is 36.5 Å². The predicted octanol–water partition coefficient (Wildman–Crippen LogP) is 5.88. The number of rotatable bonds is 3. The van der Waals surface area contributed by atoms with E-state index in [1.807, 2.05) is 0 Å². The third-order valence-corrected chi connectivity index (χ3v) is 5.84. The molecule has 1 aromatic heterocycles. The number of nitrogens with zero attached hydrogens (tertiary/aromatic N) is 1. The van der Waals surface area contributed by atoms with Gasteiger partial charge in [-0.3, -0.25) is 9.78 Å². The average Bonchev–Trinajstić information content (AvgIpc) is 2.61.